The fourth-order valence-corrected chi connectivity index (χ4v) is 1.76. The van der Waals surface area contributed by atoms with Crippen LogP contribution in [-0.2, 0) is 0 Å². The van der Waals surface area contributed by atoms with Gasteiger partial charge in [-0.25, -0.2) is 13.8 Å². The van der Waals surface area contributed by atoms with E-state index in [-0.39, 0.29) is 11.8 Å². The first-order chi connectivity index (χ1) is 11.6. The van der Waals surface area contributed by atoms with Crippen molar-refractivity contribution in [3.05, 3.63) is 66.1 Å². The summed E-state index contributed by atoms with van der Waals surface area (Å²) in [6, 6.07) is 9.18. The Morgan fingerprint density at radius 2 is 1.83 bits per heavy atom. The molecule has 0 aliphatic heterocycles. The van der Waals surface area contributed by atoms with Crippen LogP contribution in [0.25, 0.3) is 5.82 Å². The smallest absolute Gasteiger partial charge is 0.258 e. The lowest BCUT2D eigenvalue weighted by molar-refractivity contribution is 0.102. The van der Waals surface area contributed by atoms with Crippen LogP contribution in [-0.4, -0.2) is 25.7 Å². The van der Waals surface area contributed by atoms with Gasteiger partial charge >= 0.3 is 0 Å². The number of aromatic nitrogens is 4. The zero-order valence-electron chi connectivity index (χ0n) is 13.1. The molecule has 0 aliphatic carbocycles. The predicted molar refractivity (Wildman–Crippen MR) is 84.8 cm³/mol. The third-order valence-electron chi connectivity index (χ3n) is 2.76. The highest BCUT2D eigenvalue weighted by molar-refractivity contribution is 6.03. The Morgan fingerprint density at radius 1 is 1.12 bits per heavy atom. The van der Waals surface area contributed by atoms with E-state index in [4.69, 9.17) is 0 Å². The average molecular weight is 331 g/mol. The Balaban J connectivity index is 0.00000100. The van der Waals surface area contributed by atoms with Gasteiger partial charge in [-0.1, -0.05) is 32.0 Å². The molecule has 0 bridgehead atoms. The minimum Gasteiger partial charge on any atom is -0.289 e. The minimum absolute atomic E-state index is 0.0145. The number of hydrogen-bond donors (Lipinski definition) is 1. The van der Waals surface area contributed by atoms with E-state index in [9.17, 15) is 13.6 Å². The third kappa shape index (κ3) is 3.97. The lowest BCUT2D eigenvalue weighted by Gasteiger charge is -2.01. The number of amides is 1. The second-order valence-electron chi connectivity index (χ2n) is 4.29. The van der Waals surface area contributed by atoms with E-state index in [0.29, 0.717) is 11.6 Å². The van der Waals surface area contributed by atoms with Crippen molar-refractivity contribution in [2.75, 3.05) is 5.32 Å². The van der Waals surface area contributed by atoms with E-state index in [2.05, 4.69) is 20.4 Å². The van der Waals surface area contributed by atoms with E-state index in [1.807, 2.05) is 13.8 Å². The number of halogens is 2. The van der Waals surface area contributed by atoms with Gasteiger partial charge in [0.1, 0.15) is 12.1 Å². The van der Waals surface area contributed by atoms with Crippen LogP contribution in [0.2, 0.25) is 0 Å². The second-order valence-corrected chi connectivity index (χ2v) is 4.29. The van der Waals surface area contributed by atoms with E-state index in [1.54, 1.807) is 30.3 Å². The molecule has 0 radical (unpaired) electrons. The van der Waals surface area contributed by atoms with Gasteiger partial charge in [-0.15, -0.1) is 5.10 Å². The van der Waals surface area contributed by atoms with Gasteiger partial charge in [-0.05, 0) is 12.1 Å². The lowest BCUT2D eigenvalue weighted by Crippen LogP contribution is -2.13. The van der Waals surface area contributed by atoms with Crippen LogP contribution in [0.1, 0.15) is 24.2 Å². The molecule has 1 amide bonds. The summed E-state index contributed by atoms with van der Waals surface area (Å²) in [5.74, 6) is -2.30. The van der Waals surface area contributed by atoms with Crippen LogP contribution in [0.4, 0.5) is 14.7 Å². The van der Waals surface area contributed by atoms with Crippen molar-refractivity contribution in [2.24, 2.45) is 0 Å². The van der Waals surface area contributed by atoms with Gasteiger partial charge < -0.3 is 0 Å². The summed E-state index contributed by atoms with van der Waals surface area (Å²) in [7, 11) is 0. The second kappa shape index (κ2) is 7.91. The number of rotatable bonds is 3. The Hall–Kier alpha value is -3.16. The molecule has 0 saturated heterocycles. The molecular formula is C16H15F2N5O. The van der Waals surface area contributed by atoms with Gasteiger partial charge in [-0.2, -0.15) is 9.67 Å². The maximum atomic E-state index is 13.6. The molecule has 0 fully saturated rings. The predicted octanol–water partition coefficient (Wildman–Crippen LogP) is 3.22. The normalized spacial score (nSPS) is 9.83. The SMILES string of the molecule is CC.O=C(Nc1ncn(-c2ncc(F)cc2F)n1)c1ccccc1. The average Bonchev–Trinajstić information content (AvgIpc) is 3.05. The van der Waals surface area contributed by atoms with Crippen LogP contribution < -0.4 is 5.32 Å². The third-order valence-corrected chi connectivity index (χ3v) is 2.76. The number of anilines is 1. The van der Waals surface area contributed by atoms with E-state index in [1.165, 1.54) is 6.33 Å². The molecule has 2 heterocycles. The monoisotopic (exact) mass is 331 g/mol. The molecule has 0 spiro atoms. The fourth-order valence-electron chi connectivity index (χ4n) is 1.76. The van der Waals surface area contributed by atoms with Gasteiger partial charge in [0.25, 0.3) is 5.91 Å². The summed E-state index contributed by atoms with van der Waals surface area (Å²) in [5.41, 5.74) is 0.435. The quantitative estimate of drug-likeness (QED) is 0.800. The highest BCUT2D eigenvalue weighted by Gasteiger charge is 2.12. The van der Waals surface area contributed by atoms with Crippen molar-refractivity contribution in [1.82, 2.24) is 19.7 Å². The molecule has 0 atom stereocenters. The number of nitrogens with one attached hydrogen (secondary N) is 1. The number of carbonyl (C=O) groups excluding carboxylic acids is 1. The summed E-state index contributed by atoms with van der Waals surface area (Å²) in [6.07, 6.45) is 2.03. The summed E-state index contributed by atoms with van der Waals surface area (Å²) in [6.45, 7) is 4.00. The topological polar surface area (TPSA) is 72.7 Å². The molecule has 0 unspecified atom stereocenters. The minimum atomic E-state index is -0.883. The molecule has 0 saturated carbocycles. The number of pyridine rings is 1. The largest absolute Gasteiger partial charge is 0.289 e. The standard InChI is InChI=1S/C14H9F2N5O.C2H6/c15-10-6-11(16)12(17-7-10)21-8-18-14(20-21)19-13(22)9-4-2-1-3-5-9;1-2/h1-8H,(H,19,20,22);1-2H3. The zero-order chi connectivity index (χ0) is 17.5. The fraction of sp³-hybridized carbons (Fsp3) is 0.125. The molecule has 0 aliphatic rings. The molecule has 24 heavy (non-hydrogen) atoms. The van der Waals surface area contributed by atoms with Crippen molar-refractivity contribution in [3.8, 4) is 5.82 Å². The Bertz CT molecular complexity index is 820. The van der Waals surface area contributed by atoms with Crippen LogP contribution >= 0.6 is 0 Å². The number of benzene rings is 1. The first kappa shape index (κ1) is 17.2. The molecule has 124 valence electrons. The number of hydrogen-bond acceptors (Lipinski definition) is 4. The molecule has 3 aromatic rings. The molecule has 8 heteroatoms. The number of nitrogens with zero attached hydrogens (tertiary/aromatic N) is 4. The molecule has 6 nitrogen and oxygen atoms in total. The zero-order valence-corrected chi connectivity index (χ0v) is 13.1. The van der Waals surface area contributed by atoms with Crippen molar-refractivity contribution >= 4 is 11.9 Å². The lowest BCUT2D eigenvalue weighted by atomic mass is 10.2. The van der Waals surface area contributed by atoms with Gasteiger partial charge in [0.05, 0.1) is 6.20 Å². The van der Waals surface area contributed by atoms with Gasteiger partial charge in [-0.3, -0.25) is 10.1 Å². The van der Waals surface area contributed by atoms with Gasteiger partial charge in [0.15, 0.2) is 11.6 Å². The van der Waals surface area contributed by atoms with Crippen LogP contribution in [0.15, 0.2) is 48.9 Å². The Labute approximate surface area is 137 Å². The van der Waals surface area contributed by atoms with Crippen molar-refractivity contribution in [3.63, 3.8) is 0 Å². The molecule has 2 aromatic heterocycles. The van der Waals surface area contributed by atoms with Crippen LogP contribution in [0.5, 0.6) is 0 Å². The molecule has 1 aromatic carbocycles. The first-order valence-corrected chi connectivity index (χ1v) is 7.23. The maximum Gasteiger partial charge on any atom is 0.258 e. The van der Waals surface area contributed by atoms with E-state index >= 15 is 0 Å². The summed E-state index contributed by atoms with van der Waals surface area (Å²) >= 11 is 0. The Morgan fingerprint density at radius 3 is 2.50 bits per heavy atom. The first-order valence-electron chi connectivity index (χ1n) is 7.23. The summed E-state index contributed by atoms with van der Waals surface area (Å²) in [5, 5.41) is 6.36. The maximum absolute atomic E-state index is 13.6. The van der Waals surface area contributed by atoms with Crippen molar-refractivity contribution in [2.45, 2.75) is 13.8 Å². The molecule has 3 rings (SSSR count). The highest BCUT2D eigenvalue weighted by Crippen LogP contribution is 2.11. The Kier molecular flexibility index (Phi) is 5.67. The van der Waals surface area contributed by atoms with Crippen LogP contribution in [0.3, 0.4) is 0 Å². The van der Waals surface area contributed by atoms with Crippen molar-refractivity contribution < 1.29 is 13.6 Å². The number of carbonyl (C=O) groups is 1. The molecule has 1 N–H and O–H groups in total. The van der Waals surface area contributed by atoms with E-state index in [0.717, 1.165) is 10.9 Å². The van der Waals surface area contributed by atoms with Crippen LogP contribution in [0, 0.1) is 11.6 Å². The molecular weight excluding hydrogens is 316 g/mol. The summed E-state index contributed by atoms with van der Waals surface area (Å²) in [4.78, 5) is 19.4. The summed E-state index contributed by atoms with van der Waals surface area (Å²) < 4.78 is 27.4. The van der Waals surface area contributed by atoms with Gasteiger partial charge in [0, 0.05) is 11.6 Å². The van der Waals surface area contributed by atoms with Gasteiger partial charge in [0.2, 0.25) is 5.95 Å². The highest BCUT2D eigenvalue weighted by atomic mass is 19.1. The van der Waals surface area contributed by atoms with Crippen molar-refractivity contribution in [1.29, 1.82) is 0 Å². The van der Waals surface area contributed by atoms with E-state index < -0.39 is 17.5 Å².